The molecular weight excluding hydrogens is 297 g/mol. The van der Waals surface area contributed by atoms with Crippen LogP contribution in [0.3, 0.4) is 0 Å². The Hall–Kier alpha value is -1.78. The molecule has 0 fully saturated rings. The highest BCUT2D eigenvalue weighted by Gasteiger charge is 2.27. The Balaban J connectivity index is 2.45. The van der Waals surface area contributed by atoms with Crippen LogP contribution in [-0.4, -0.2) is 25.3 Å². The molecule has 0 saturated heterocycles. The summed E-state index contributed by atoms with van der Waals surface area (Å²) in [6.45, 7) is -1.76. The highest BCUT2D eigenvalue weighted by atomic mass is 35.5. The summed E-state index contributed by atoms with van der Waals surface area (Å²) in [5, 5.41) is 11.3. The van der Waals surface area contributed by atoms with E-state index in [4.69, 9.17) is 16.9 Å². The SMILES string of the molecule is N#Cc1ccc(Cl)c(NC(=O)CCOCC(F)(F)F)c1. The molecule has 4 nitrogen and oxygen atoms in total. The maximum atomic E-state index is 11.8. The van der Waals surface area contributed by atoms with Crippen LogP contribution in [0.25, 0.3) is 0 Å². The van der Waals surface area contributed by atoms with Gasteiger partial charge in [0.05, 0.1) is 35.4 Å². The van der Waals surface area contributed by atoms with Gasteiger partial charge in [0.15, 0.2) is 0 Å². The zero-order chi connectivity index (χ0) is 15.2. The van der Waals surface area contributed by atoms with Crippen LogP contribution in [0.1, 0.15) is 12.0 Å². The molecule has 0 aromatic heterocycles. The molecule has 1 N–H and O–H groups in total. The minimum absolute atomic E-state index is 0.228. The number of amides is 1. The molecule has 0 aliphatic carbocycles. The summed E-state index contributed by atoms with van der Waals surface area (Å²) in [5.41, 5.74) is 0.532. The Labute approximate surface area is 118 Å². The molecule has 0 aliphatic heterocycles. The van der Waals surface area contributed by atoms with E-state index in [1.54, 1.807) is 0 Å². The molecule has 1 rings (SSSR count). The van der Waals surface area contributed by atoms with E-state index in [1.807, 2.05) is 6.07 Å². The van der Waals surface area contributed by atoms with Gasteiger partial charge in [-0.15, -0.1) is 0 Å². The molecule has 0 unspecified atom stereocenters. The second-order valence-corrected chi connectivity index (χ2v) is 4.18. The summed E-state index contributed by atoms with van der Waals surface area (Å²) < 4.78 is 39.7. The molecule has 1 amide bonds. The monoisotopic (exact) mass is 306 g/mol. The number of hydrogen-bond donors (Lipinski definition) is 1. The summed E-state index contributed by atoms with van der Waals surface area (Å²) in [6, 6.07) is 6.17. The average molecular weight is 307 g/mol. The van der Waals surface area contributed by atoms with Crippen molar-refractivity contribution in [3.05, 3.63) is 28.8 Å². The normalized spacial score (nSPS) is 10.9. The molecule has 0 spiro atoms. The van der Waals surface area contributed by atoms with E-state index in [-0.39, 0.29) is 23.7 Å². The van der Waals surface area contributed by atoms with Crippen molar-refractivity contribution < 1.29 is 22.7 Å². The third kappa shape index (κ3) is 5.91. The Morgan fingerprint density at radius 1 is 1.45 bits per heavy atom. The number of ether oxygens (including phenoxy) is 1. The van der Waals surface area contributed by atoms with E-state index in [2.05, 4.69) is 10.1 Å². The zero-order valence-corrected chi connectivity index (χ0v) is 10.9. The predicted molar refractivity (Wildman–Crippen MR) is 66.3 cm³/mol. The van der Waals surface area contributed by atoms with E-state index in [0.717, 1.165) is 0 Å². The third-order valence-electron chi connectivity index (χ3n) is 2.11. The first kappa shape index (κ1) is 16.3. The van der Waals surface area contributed by atoms with Gasteiger partial charge in [-0.05, 0) is 18.2 Å². The first-order valence-corrected chi connectivity index (χ1v) is 5.83. The van der Waals surface area contributed by atoms with Crippen LogP contribution >= 0.6 is 11.6 Å². The maximum absolute atomic E-state index is 11.8. The number of alkyl halides is 3. The van der Waals surface area contributed by atoms with Crippen molar-refractivity contribution in [2.24, 2.45) is 0 Å². The summed E-state index contributed by atoms with van der Waals surface area (Å²) in [5.74, 6) is -0.552. The van der Waals surface area contributed by atoms with Gasteiger partial charge in [-0.1, -0.05) is 11.6 Å². The summed E-state index contributed by atoms with van der Waals surface area (Å²) in [7, 11) is 0. The fourth-order valence-electron chi connectivity index (χ4n) is 1.26. The lowest BCUT2D eigenvalue weighted by molar-refractivity contribution is -0.174. The Kier molecular flexibility index (Phi) is 5.80. The first-order chi connectivity index (χ1) is 9.31. The van der Waals surface area contributed by atoms with Gasteiger partial charge >= 0.3 is 6.18 Å². The molecular formula is C12H10ClF3N2O2. The van der Waals surface area contributed by atoms with Gasteiger partial charge in [-0.2, -0.15) is 18.4 Å². The van der Waals surface area contributed by atoms with Crippen molar-refractivity contribution >= 4 is 23.2 Å². The number of carbonyl (C=O) groups is 1. The smallest absolute Gasteiger partial charge is 0.372 e. The van der Waals surface area contributed by atoms with Crippen molar-refractivity contribution in [3.8, 4) is 6.07 Å². The topological polar surface area (TPSA) is 62.1 Å². The number of rotatable bonds is 5. The van der Waals surface area contributed by atoms with Crippen molar-refractivity contribution in [2.75, 3.05) is 18.5 Å². The second-order valence-electron chi connectivity index (χ2n) is 3.77. The number of nitrogens with one attached hydrogen (secondary N) is 1. The Morgan fingerprint density at radius 3 is 2.75 bits per heavy atom. The van der Waals surface area contributed by atoms with Crippen LogP contribution < -0.4 is 5.32 Å². The lowest BCUT2D eigenvalue weighted by Crippen LogP contribution is -2.20. The molecule has 108 valence electrons. The Bertz CT molecular complexity index is 526. The van der Waals surface area contributed by atoms with Gasteiger partial charge in [-0.25, -0.2) is 0 Å². The largest absolute Gasteiger partial charge is 0.411 e. The van der Waals surface area contributed by atoms with E-state index in [9.17, 15) is 18.0 Å². The summed E-state index contributed by atoms with van der Waals surface area (Å²) >= 11 is 5.81. The van der Waals surface area contributed by atoms with E-state index in [1.165, 1.54) is 18.2 Å². The molecule has 0 aliphatic rings. The molecule has 1 aromatic carbocycles. The van der Waals surface area contributed by atoms with Crippen molar-refractivity contribution in [3.63, 3.8) is 0 Å². The van der Waals surface area contributed by atoms with Gasteiger partial charge in [0.2, 0.25) is 5.91 Å². The molecule has 8 heteroatoms. The van der Waals surface area contributed by atoms with Crippen LogP contribution in [0.4, 0.5) is 18.9 Å². The highest BCUT2D eigenvalue weighted by Crippen LogP contribution is 2.23. The molecule has 0 bridgehead atoms. The number of benzene rings is 1. The van der Waals surface area contributed by atoms with E-state index in [0.29, 0.717) is 5.56 Å². The van der Waals surface area contributed by atoms with Gasteiger partial charge < -0.3 is 10.1 Å². The Morgan fingerprint density at radius 2 is 2.15 bits per heavy atom. The van der Waals surface area contributed by atoms with E-state index < -0.39 is 18.7 Å². The van der Waals surface area contributed by atoms with Gasteiger partial charge in [0, 0.05) is 0 Å². The molecule has 1 aromatic rings. The van der Waals surface area contributed by atoms with Crippen LogP contribution in [0.5, 0.6) is 0 Å². The van der Waals surface area contributed by atoms with Gasteiger partial charge in [-0.3, -0.25) is 4.79 Å². The predicted octanol–water partition coefficient (Wildman–Crippen LogP) is 3.12. The molecule has 0 radical (unpaired) electrons. The number of hydrogen-bond acceptors (Lipinski definition) is 3. The highest BCUT2D eigenvalue weighted by molar-refractivity contribution is 6.33. The quantitative estimate of drug-likeness (QED) is 0.850. The van der Waals surface area contributed by atoms with Crippen molar-refractivity contribution in [1.29, 1.82) is 5.26 Å². The van der Waals surface area contributed by atoms with Crippen LogP contribution in [0, 0.1) is 11.3 Å². The molecule has 0 saturated carbocycles. The minimum Gasteiger partial charge on any atom is -0.372 e. The maximum Gasteiger partial charge on any atom is 0.411 e. The fraction of sp³-hybridized carbons (Fsp3) is 0.333. The minimum atomic E-state index is -4.42. The third-order valence-corrected chi connectivity index (χ3v) is 2.44. The lowest BCUT2D eigenvalue weighted by Gasteiger charge is -2.09. The lowest BCUT2D eigenvalue weighted by atomic mass is 10.2. The molecule has 20 heavy (non-hydrogen) atoms. The van der Waals surface area contributed by atoms with Gasteiger partial charge in [0.25, 0.3) is 0 Å². The number of halogens is 4. The fourth-order valence-corrected chi connectivity index (χ4v) is 1.42. The number of nitriles is 1. The van der Waals surface area contributed by atoms with Crippen LogP contribution in [0.15, 0.2) is 18.2 Å². The standard InChI is InChI=1S/C12H10ClF3N2O2/c13-9-2-1-8(6-17)5-10(9)18-11(19)3-4-20-7-12(14,15)16/h1-2,5H,3-4,7H2,(H,18,19). The van der Waals surface area contributed by atoms with Crippen molar-refractivity contribution in [2.45, 2.75) is 12.6 Å². The zero-order valence-electron chi connectivity index (χ0n) is 10.1. The average Bonchev–Trinajstić information content (AvgIpc) is 2.36. The number of anilines is 1. The first-order valence-electron chi connectivity index (χ1n) is 5.46. The number of carbonyl (C=O) groups excluding carboxylic acids is 1. The molecule has 0 heterocycles. The summed E-state index contributed by atoms with van der Waals surface area (Å²) in [4.78, 5) is 11.5. The number of nitrogens with zero attached hydrogens (tertiary/aromatic N) is 1. The van der Waals surface area contributed by atoms with E-state index >= 15 is 0 Å². The van der Waals surface area contributed by atoms with Crippen molar-refractivity contribution in [1.82, 2.24) is 0 Å². The van der Waals surface area contributed by atoms with Crippen LogP contribution in [0.2, 0.25) is 5.02 Å². The molecule has 0 atom stereocenters. The summed E-state index contributed by atoms with van der Waals surface area (Å²) in [6.07, 6.45) is -4.66. The second kappa shape index (κ2) is 7.12. The van der Waals surface area contributed by atoms with Crippen LogP contribution in [-0.2, 0) is 9.53 Å². The van der Waals surface area contributed by atoms with Gasteiger partial charge in [0.1, 0.15) is 6.61 Å².